The minimum Gasteiger partial charge on any atom is -0.508 e. The molecule has 0 saturated carbocycles. The molecule has 1 aliphatic rings. The summed E-state index contributed by atoms with van der Waals surface area (Å²) in [6.07, 6.45) is 9.79. The van der Waals surface area contributed by atoms with Gasteiger partial charge in [-0.05, 0) is 49.6 Å². The zero-order chi connectivity index (χ0) is 16.4. The number of allylic oxidation sites excluding steroid dienone is 5. The maximum atomic E-state index is 12.8. The smallest absolute Gasteiger partial charge is 0.200 e. The van der Waals surface area contributed by atoms with Crippen LogP contribution in [0.25, 0.3) is 16.5 Å². The van der Waals surface area contributed by atoms with Gasteiger partial charge in [-0.25, -0.2) is 0 Å². The molecule has 4 nitrogen and oxygen atoms in total. The quantitative estimate of drug-likeness (QED) is 0.928. The number of hydrogen-bond acceptors (Lipinski definition) is 4. The number of hydrogen-bond donors (Lipinski definition) is 1. The van der Waals surface area contributed by atoms with Crippen molar-refractivity contribution in [2.24, 2.45) is 0 Å². The summed E-state index contributed by atoms with van der Waals surface area (Å²) in [5, 5.41) is 10.1. The first-order valence-corrected chi connectivity index (χ1v) is 7.57. The molecule has 1 heterocycles. The summed E-state index contributed by atoms with van der Waals surface area (Å²) in [5.41, 5.74) is 2.30. The van der Waals surface area contributed by atoms with Gasteiger partial charge in [-0.3, -0.25) is 4.79 Å². The lowest BCUT2D eigenvalue weighted by Gasteiger charge is -2.06. The standard InChI is InChI=1S/C19H18O4/c1-3-22-15-6-4-5-13(7-8-15)16-11-23-17-10-14(20)9-12(2)18(17)19(16)21/h5-11,20H,3-4H2,1-2H3. The first-order chi connectivity index (χ1) is 11.1. The number of phenols is 1. The molecule has 1 N–H and O–H groups in total. The van der Waals surface area contributed by atoms with E-state index in [9.17, 15) is 9.90 Å². The summed E-state index contributed by atoms with van der Waals surface area (Å²) in [6, 6.07) is 3.02. The van der Waals surface area contributed by atoms with Crippen LogP contribution in [-0.4, -0.2) is 11.7 Å². The van der Waals surface area contributed by atoms with Crippen LogP contribution in [0.1, 0.15) is 24.5 Å². The normalized spacial score (nSPS) is 14.3. The first kappa shape index (κ1) is 15.2. The lowest BCUT2D eigenvalue weighted by molar-refractivity contribution is 0.242. The first-order valence-electron chi connectivity index (χ1n) is 7.57. The molecule has 0 radical (unpaired) electrons. The molecule has 0 unspecified atom stereocenters. The van der Waals surface area contributed by atoms with Crippen LogP contribution in [0, 0.1) is 6.92 Å². The number of rotatable bonds is 3. The van der Waals surface area contributed by atoms with E-state index in [0.29, 0.717) is 35.1 Å². The largest absolute Gasteiger partial charge is 0.508 e. The zero-order valence-corrected chi connectivity index (χ0v) is 13.1. The molecule has 4 heteroatoms. The second kappa shape index (κ2) is 6.16. The number of aryl methyl sites for hydroxylation is 1. The van der Waals surface area contributed by atoms with Gasteiger partial charge in [0.05, 0.1) is 17.6 Å². The Hall–Kier alpha value is -2.75. The molecule has 1 aromatic carbocycles. The van der Waals surface area contributed by atoms with Gasteiger partial charge in [0.15, 0.2) is 0 Å². The topological polar surface area (TPSA) is 59.7 Å². The average Bonchev–Trinajstić information content (AvgIpc) is 2.73. The van der Waals surface area contributed by atoms with Crippen molar-refractivity contribution in [3.63, 3.8) is 0 Å². The Kier molecular flexibility index (Phi) is 4.06. The van der Waals surface area contributed by atoms with Crippen molar-refractivity contribution in [1.82, 2.24) is 0 Å². The maximum Gasteiger partial charge on any atom is 0.200 e. The van der Waals surface area contributed by atoms with E-state index in [1.807, 2.05) is 31.2 Å². The van der Waals surface area contributed by atoms with Crippen molar-refractivity contribution < 1.29 is 14.3 Å². The molecule has 118 valence electrons. The van der Waals surface area contributed by atoms with Crippen LogP contribution in [-0.2, 0) is 4.74 Å². The van der Waals surface area contributed by atoms with Crippen LogP contribution < -0.4 is 5.43 Å². The van der Waals surface area contributed by atoms with Crippen LogP contribution in [0.15, 0.2) is 57.7 Å². The van der Waals surface area contributed by atoms with Crippen LogP contribution in [0.2, 0.25) is 0 Å². The van der Waals surface area contributed by atoms with Crippen molar-refractivity contribution in [2.45, 2.75) is 20.3 Å². The molecule has 0 saturated heterocycles. The molecule has 23 heavy (non-hydrogen) atoms. The van der Waals surface area contributed by atoms with Gasteiger partial charge >= 0.3 is 0 Å². The fraction of sp³-hybridized carbons (Fsp3) is 0.211. The molecule has 0 atom stereocenters. The monoisotopic (exact) mass is 310 g/mol. The third-order valence-corrected chi connectivity index (χ3v) is 3.77. The van der Waals surface area contributed by atoms with Crippen molar-refractivity contribution >= 4 is 16.5 Å². The third kappa shape index (κ3) is 2.93. The molecule has 2 aromatic rings. The number of fused-ring (bicyclic) bond motifs is 1. The number of aromatic hydroxyl groups is 1. The van der Waals surface area contributed by atoms with Gasteiger partial charge in [0.2, 0.25) is 5.43 Å². The highest BCUT2D eigenvalue weighted by atomic mass is 16.5. The molecule has 1 aliphatic carbocycles. The Morgan fingerprint density at radius 3 is 2.87 bits per heavy atom. The van der Waals surface area contributed by atoms with Gasteiger partial charge in [0, 0.05) is 6.07 Å². The van der Waals surface area contributed by atoms with Crippen molar-refractivity contribution in [2.75, 3.05) is 6.61 Å². The van der Waals surface area contributed by atoms with Crippen LogP contribution in [0.4, 0.5) is 0 Å². The highest BCUT2D eigenvalue weighted by Crippen LogP contribution is 2.25. The summed E-state index contributed by atoms with van der Waals surface area (Å²) in [4.78, 5) is 12.8. The van der Waals surface area contributed by atoms with Crippen molar-refractivity contribution in [3.05, 3.63) is 69.8 Å². The Morgan fingerprint density at radius 2 is 2.09 bits per heavy atom. The van der Waals surface area contributed by atoms with E-state index >= 15 is 0 Å². The van der Waals surface area contributed by atoms with E-state index in [1.165, 1.54) is 12.3 Å². The van der Waals surface area contributed by atoms with Gasteiger partial charge in [0.25, 0.3) is 0 Å². The summed E-state index contributed by atoms with van der Waals surface area (Å²) in [6.45, 7) is 4.32. The SMILES string of the molecule is CCOC1=CCC=C(c2coc3cc(O)cc(C)c3c2=O)C=C1. The summed E-state index contributed by atoms with van der Waals surface area (Å²) >= 11 is 0. The van der Waals surface area contributed by atoms with E-state index in [4.69, 9.17) is 9.15 Å². The van der Waals surface area contributed by atoms with Gasteiger partial charge < -0.3 is 14.3 Å². The number of phenolic OH excluding ortho intramolecular Hbond substituents is 1. The Balaban J connectivity index is 2.08. The van der Waals surface area contributed by atoms with Crippen molar-refractivity contribution in [3.8, 4) is 5.75 Å². The maximum absolute atomic E-state index is 12.8. The van der Waals surface area contributed by atoms with E-state index in [2.05, 4.69) is 0 Å². The molecule has 1 aromatic heterocycles. The lowest BCUT2D eigenvalue weighted by atomic mass is 10.0. The van der Waals surface area contributed by atoms with Gasteiger partial charge in [-0.15, -0.1) is 0 Å². The van der Waals surface area contributed by atoms with Gasteiger partial charge in [-0.1, -0.05) is 12.2 Å². The summed E-state index contributed by atoms with van der Waals surface area (Å²) in [5.74, 6) is 0.884. The van der Waals surface area contributed by atoms with Crippen LogP contribution in [0.5, 0.6) is 5.75 Å². The Labute approximate surface area is 134 Å². The highest BCUT2D eigenvalue weighted by molar-refractivity contribution is 5.86. The van der Waals surface area contributed by atoms with E-state index in [1.54, 1.807) is 13.0 Å². The Morgan fingerprint density at radius 1 is 1.26 bits per heavy atom. The van der Waals surface area contributed by atoms with E-state index < -0.39 is 0 Å². The molecule has 0 fully saturated rings. The van der Waals surface area contributed by atoms with Gasteiger partial charge in [0.1, 0.15) is 23.4 Å². The summed E-state index contributed by atoms with van der Waals surface area (Å²) in [7, 11) is 0. The van der Waals surface area contributed by atoms with Crippen molar-refractivity contribution in [1.29, 1.82) is 0 Å². The van der Waals surface area contributed by atoms with E-state index in [-0.39, 0.29) is 11.2 Å². The zero-order valence-electron chi connectivity index (χ0n) is 13.1. The van der Waals surface area contributed by atoms with Crippen LogP contribution in [0.3, 0.4) is 0 Å². The molecule has 0 aliphatic heterocycles. The second-order valence-electron chi connectivity index (χ2n) is 5.38. The predicted octanol–water partition coefficient (Wildman–Crippen LogP) is 4.07. The minimum atomic E-state index is -0.0977. The van der Waals surface area contributed by atoms with E-state index in [0.717, 1.165) is 11.3 Å². The molecule has 3 rings (SSSR count). The molecule has 0 amide bonds. The number of benzene rings is 1. The fourth-order valence-electron chi connectivity index (χ4n) is 2.71. The molecule has 0 spiro atoms. The predicted molar refractivity (Wildman–Crippen MR) is 90.3 cm³/mol. The molecule has 0 bridgehead atoms. The summed E-state index contributed by atoms with van der Waals surface area (Å²) < 4.78 is 11.1. The third-order valence-electron chi connectivity index (χ3n) is 3.77. The number of ether oxygens (including phenoxy) is 1. The van der Waals surface area contributed by atoms with Gasteiger partial charge in [-0.2, -0.15) is 0 Å². The average molecular weight is 310 g/mol. The van der Waals surface area contributed by atoms with Crippen LogP contribution >= 0.6 is 0 Å². The highest BCUT2D eigenvalue weighted by Gasteiger charge is 2.13. The lowest BCUT2D eigenvalue weighted by Crippen LogP contribution is -2.08. The minimum absolute atomic E-state index is 0.0880. The molecular formula is C19H18O4. The Bertz CT molecular complexity index is 897. The molecular weight excluding hydrogens is 292 g/mol. The second-order valence-corrected chi connectivity index (χ2v) is 5.38. The fourth-order valence-corrected chi connectivity index (χ4v) is 2.71.